The largest absolute Gasteiger partial charge is 0.497 e. The SMILES string of the molecule is CCOC(=O)Cc1ccc(NCc2ccc(OC)cc2)c(P(C)C)c1. The summed E-state index contributed by atoms with van der Waals surface area (Å²) < 4.78 is 10.2. The van der Waals surface area contributed by atoms with Crippen molar-refractivity contribution in [3.05, 3.63) is 53.6 Å². The number of methoxy groups -OCH3 is 1. The molecule has 0 amide bonds. The highest BCUT2D eigenvalue weighted by Gasteiger charge is 2.10. The smallest absolute Gasteiger partial charge is 0.310 e. The predicted molar refractivity (Wildman–Crippen MR) is 106 cm³/mol. The highest BCUT2D eigenvalue weighted by molar-refractivity contribution is 7.64. The van der Waals surface area contributed by atoms with E-state index in [0.29, 0.717) is 13.0 Å². The van der Waals surface area contributed by atoms with E-state index < -0.39 is 0 Å². The monoisotopic (exact) mass is 359 g/mol. The summed E-state index contributed by atoms with van der Waals surface area (Å²) in [7, 11) is 1.38. The summed E-state index contributed by atoms with van der Waals surface area (Å²) >= 11 is 0. The Hall–Kier alpha value is -2.06. The molecule has 0 saturated carbocycles. The number of nitrogens with one attached hydrogen (secondary N) is 1. The molecule has 5 heteroatoms. The van der Waals surface area contributed by atoms with Gasteiger partial charge in [0.2, 0.25) is 0 Å². The van der Waals surface area contributed by atoms with Crippen LogP contribution < -0.4 is 15.4 Å². The molecule has 0 radical (unpaired) electrons. The Balaban J connectivity index is 2.09. The third-order valence-corrected chi connectivity index (χ3v) is 5.17. The summed E-state index contributed by atoms with van der Waals surface area (Å²) in [5.41, 5.74) is 3.32. The molecule has 0 spiro atoms. The Morgan fingerprint density at radius 2 is 1.76 bits per heavy atom. The van der Waals surface area contributed by atoms with Crippen molar-refractivity contribution in [1.82, 2.24) is 0 Å². The second-order valence-corrected chi connectivity index (χ2v) is 8.20. The molecule has 0 aliphatic rings. The molecule has 0 heterocycles. The molecule has 2 aromatic carbocycles. The normalized spacial score (nSPS) is 10.6. The van der Waals surface area contributed by atoms with Crippen LogP contribution in [0.5, 0.6) is 5.75 Å². The molecule has 1 N–H and O–H groups in total. The van der Waals surface area contributed by atoms with Gasteiger partial charge in [-0.25, -0.2) is 0 Å². The minimum absolute atomic E-state index is 0.177. The van der Waals surface area contributed by atoms with Gasteiger partial charge < -0.3 is 14.8 Å². The second-order valence-electron chi connectivity index (χ2n) is 5.93. The first-order chi connectivity index (χ1) is 12.0. The van der Waals surface area contributed by atoms with Gasteiger partial charge in [-0.05, 0) is 61.0 Å². The van der Waals surface area contributed by atoms with E-state index >= 15 is 0 Å². The van der Waals surface area contributed by atoms with Crippen LogP contribution >= 0.6 is 7.92 Å². The molecular weight excluding hydrogens is 333 g/mol. The fourth-order valence-corrected chi connectivity index (χ4v) is 3.59. The average Bonchev–Trinajstić information content (AvgIpc) is 2.61. The highest BCUT2D eigenvalue weighted by atomic mass is 31.1. The molecule has 0 saturated heterocycles. The van der Waals surface area contributed by atoms with E-state index in [4.69, 9.17) is 9.47 Å². The van der Waals surface area contributed by atoms with Gasteiger partial charge in [-0.1, -0.05) is 26.1 Å². The molecule has 0 aromatic heterocycles. The van der Waals surface area contributed by atoms with Crippen molar-refractivity contribution in [3.8, 4) is 5.75 Å². The maximum Gasteiger partial charge on any atom is 0.310 e. The Morgan fingerprint density at radius 3 is 2.36 bits per heavy atom. The number of carbonyl (C=O) groups is 1. The first-order valence-electron chi connectivity index (χ1n) is 8.36. The summed E-state index contributed by atoms with van der Waals surface area (Å²) in [6, 6.07) is 14.2. The number of carbonyl (C=O) groups excluding carboxylic acids is 1. The molecule has 25 heavy (non-hydrogen) atoms. The molecule has 2 rings (SSSR count). The fourth-order valence-electron chi connectivity index (χ4n) is 2.53. The van der Waals surface area contributed by atoms with Crippen molar-refractivity contribution < 1.29 is 14.3 Å². The first-order valence-corrected chi connectivity index (χ1v) is 10.6. The van der Waals surface area contributed by atoms with E-state index in [0.717, 1.165) is 23.5 Å². The van der Waals surface area contributed by atoms with Gasteiger partial charge in [0.25, 0.3) is 0 Å². The molecule has 0 aliphatic heterocycles. The standard InChI is InChI=1S/C20H26NO3P/c1-5-24-20(22)13-16-8-11-18(19(12-16)25(3)4)21-14-15-6-9-17(23-2)10-7-15/h6-12,21H,5,13-14H2,1-4H3. The highest BCUT2D eigenvalue weighted by Crippen LogP contribution is 2.29. The average molecular weight is 359 g/mol. The van der Waals surface area contributed by atoms with Gasteiger partial charge in [-0.2, -0.15) is 0 Å². The lowest BCUT2D eigenvalue weighted by molar-refractivity contribution is -0.142. The molecular formula is C20H26NO3P. The van der Waals surface area contributed by atoms with Crippen LogP contribution in [0.25, 0.3) is 0 Å². The number of ether oxygens (including phenoxy) is 2. The summed E-state index contributed by atoms with van der Waals surface area (Å²) in [6.07, 6.45) is 0.322. The number of hydrogen-bond donors (Lipinski definition) is 1. The number of rotatable bonds is 8. The van der Waals surface area contributed by atoms with Gasteiger partial charge >= 0.3 is 5.97 Å². The van der Waals surface area contributed by atoms with Crippen LogP contribution in [0.4, 0.5) is 5.69 Å². The Morgan fingerprint density at radius 1 is 1.08 bits per heavy atom. The molecule has 0 atom stereocenters. The van der Waals surface area contributed by atoms with E-state index in [1.54, 1.807) is 7.11 Å². The van der Waals surface area contributed by atoms with Crippen LogP contribution in [0.1, 0.15) is 18.1 Å². The molecule has 4 nitrogen and oxygen atoms in total. The fraction of sp³-hybridized carbons (Fsp3) is 0.350. The van der Waals surface area contributed by atoms with Crippen molar-refractivity contribution >= 4 is 24.9 Å². The third-order valence-electron chi connectivity index (χ3n) is 3.84. The second kappa shape index (κ2) is 9.43. The lowest BCUT2D eigenvalue weighted by atomic mass is 10.1. The molecule has 0 fully saturated rings. The number of hydrogen-bond acceptors (Lipinski definition) is 4. The molecule has 2 aromatic rings. The Bertz CT molecular complexity index is 699. The van der Waals surface area contributed by atoms with Crippen LogP contribution in [0.3, 0.4) is 0 Å². The van der Waals surface area contributed by atoms with Crippen LogP contribution in [0.2, 0.25) is 0 Å². The van der Waals surface area contributed by atoms with E-state index in [2.05, 4.69) is 42.9 Å². The summed E-state index contributed by atoms with van der Waals surface area (Å²) in [5.74, 6) is 0.683. The number of esters is 1. The molecule has 0 bridgehead atoms. The zero-order valence-corrected chi connectivity index (χ0v) is 16.2. The van der Waals surface area contributed by atoms with Gasteiger partial charge in [0.05, 0.1) is 20.1 Å². The summed E-state index contributed by atoms with van der Waals surface area (Å²) in [4.78, 5) is 11.7. The van der Waals surface area contributed by atoms with Crippen molar-refractivity contribution in [1.29, 1.82) is 0 Å². The quantitative estimate of drug-likeness (QED) is 0.576. The van der Waals surface area contributed by atoms with E-state index in [1.807, 2.05) is 25.1 Å². The van der Waals surface area contributed by atoms with E-state index in [9.17, 15) is 4.79 Å². The topological polar surface area (TPSA) is 47.6 Å². The Kier molecular flexibility index (Phi) is 7.27. The minimum atomic E-state index is -0.288. The van der Waals surface area contributed by atoms with Crippen LogP contribution in [0.15, 0.2) is 42.5 Å². The summed E-state index contributed by atoms with van der Waals surface area (Å²) in [6.45, 7) is 7.43. The van der Waals surface area contributed by atoms with Crippen molar-refractivity contribution in [3.63, 3.8) is 0 Å². The zero-order valence-electron chi connectivity index (χ0n) is 15.3. The van der Waals surface area contributed by atoms with Gasteiger partial charge in [0.15, 0.2) is 0 Å². The minimum Gasteiger partial charge on any atom is -0.497 e. The zero-order chi connectivity index (χ0) is 18.2. The third kappa shape index (κ3) is 5.75. The van der Waals surface area contributed by atoms with Crippen molar-refractivity contribution in [2.45, 2.75) is 19.9 Å². The van der Waals surface area contributed by atoms with Gasteiger partial charge in [0, 0.05) is 12.2 Å². The van der Waals surface area contributed by atoms with Gasteiger partial charge in [0.1, 0.15) is 5.75 Å². The van der Waals surface area contributed by atoms with Crippen molar-refractivity contribution in [2.24, 2.45) is 0 Å². The number of anilines is 1. The van der Waals surface area contributed by atoms with Crippen LogP contribution in [-0.4, -0.2) is 33.0 Å². The van der Waals surface area contributed by atoms with Crippen molar-refractivity contribution in [2.75, 3.05) is 32.4 Å². The first kappa shape index (κ1) is 19.3. The van der Waals surface area contributed by atoms with Crippen LogP contribution in [0, 0.1) is 0 Å². The van der Waals surface area contributed by atoms with Gasteiger partial charge in [-0.15, -0.1) is 0 Å². The predicted octanol–water partition coefficient (Wildman–Crippen LogP) is 3.78. The Labute approximate surface area is 151 Å². The maximum absolute atomic E-state index is 11.7. The number of benzene rings is 2. The van der Waals surface area contributed by atoms with E-state index in [1.165, 1.54) is 10.9 Å². The van der Waals surface area contributed by atoms with Crippen LogP contribution in [-0.2, 0) is 22.5 Å². The summed E-state index contributed by atoms with van der Waals surface area (Å²) in [5, 5.41) is 4.78. The molecule has 0 unspecified atom stereocenters. The lowest BCUT2D eigenvalue weighted by Crippen LogP contribution is -2.14. The van der Waals surface area contributed by atoms with E-state index in [-0.39, 0.29) is 13.9 Å². The maximum atomic E-state index is 11.7. The molecule has 134 valence electrons. The molecule has 0 aliphatic carbocycles. The lowest BCUT2D eigenvalue weighted by Gasteiger charge is -2.17. The van der Waals surface area contributed by atoms with Gasteiger partial charge in [-0.3, -0.25) is 4.79 Å².